The minimum atomic E-state index is 0.249. The number of nitrogens with zero attached hydrogens (tertiary/aromatic N) is 1. The number of benzene rings is 6. The smallest absolute Gasteiger partial charge is 0.231 e. The van der Waals surface area contributed by atoms with Crippen molar-refractivity contribution >= 4 is 53.5 Å². The van der Waals surface area contributed by atoms with Crippen LogP contribution in [0.1, 0.15) is 33.4 Å². The first-order chi connectivity index (χ1) is 25.7. The largest absolute Gasteiger partial charge is 0.454 e. The Balaban J connectivity index is 0.980. The lowest BCUT2D eigenvalue weighted by molar-refractivity contribution is 0.173. The van der Waals surface area contributed by atoms with Crippen LogP contribution in [0.4, 0.5) is 17.1 Å². The summed E-state index contributed by atoms with van der Waals surface area (Å²) in [6.45, 7) is 0.779. The summed E-state index contributed by atoms with van der Waals surface area (Å²) in [5.74, 6) is 4.67. The molecule has 0 aliphatic carbocycles. The molecule has 0 N–H and O–H groups in total. The van der Waals surface area contributed by atoms with Crippen molar-refractivity contribution in [2.75, 3.05) is 25.3 Å². The van der Waals surface area contributed by atoms with Crippen molar-refractivity contribution in [3.63, 3.8) is 0 Å². The van der Waals surface area contributed by atoms with Gasteiger partial charge in [0.1, 0.15) is 0 Å². The summed E-state index contributed by atoms with van der Waals surface area (Å²) in [5, 5.41) is 0. The Morgan fingerprint density at radius 3 is 1.27 bits per heavy atom. The molecule has 0 atom stereocenters. The molecule has 0 aromatic heterocycles. The molecule has 0 radical (unpaired) electrons. The van der Waals surface area contributed by atoms with Crippen molar-refractivity contribution in [2.24, 2.45) is 0 Å². The highest BCUT2D eigenvalue weighted by atomic mass is 16.7. The first-order valence-electron chi connectivity index (χ1n) is 17.0. The van der Waals surface area contributed by atoms with E-state index in [9.17, 15) is 0 Å². The SMILES string of the molecule is C(=C\c1ccc2c(c1)OCO2)/c1ccc(N(c2ccc(/C=C/c3ccc4c(c3)OCO4)cc2)c2ccc(/C=C/c3cccc4c3OCO4)cc2)cc1. The number of hydrogen-bond acceptors (Lipinski definition) is 7. The van der Waals surface area contributed by atoms with Crippen molar-refractivity contribution in [1.29, 1.82) is 0 Å². The molecule has 7 nitrogen and oxygen atoms in total. The van der Waals surface area contributed by atoms with E-state index >= 15 is 0 Å². The molecule has 0 saturated carbocycles. The average molecular weight is 684 g/mol. The highest BCUT2D eigenvalue weighted by molar-refractivity contribution is 5.81. The van der Waals surface area contributed by atoms with Crippen molar-refractivity contribution in [1.82, 2.24) is 0 Å². The van der Waals surface area contributed by atoms with Crippen LogP contribution in [-0.4, -0.2) is 20.4 Å². The number of fused-ring (bicyclic) bond motifs is 3. The van der Waals surface area contributed by atoms with Crippen LogP contribution < -0.4 is 33.3 Å². The van der Waals surface area contributed by atoms with Gasteiger partial charge in [-0.2, -0.15) is 0 Å². The number of ether oxygens (including phenoxy) is 6. The van der Waals surface area contributed by atoms with Crippen LogP contribution >= 0.6 is 0 Å². The van der Waals surface area contributed by atoms with E-state index in [1.165, 1.54) is 0 Å². The minimum absolute atomic E-state index is 0.249. The molecular formula is C45H33NO6. The predicted molar refractivity (Wildman–Crippen MR) is 206 cm³/mol. The summed E-state index contributed by atoms with van der Waals surface area (Å²) >= 11 is 0. The van der Waals surface area contributed by atoms with Gasteiger partial charge in [0.25, 0.3) is 0 Å². The first-order valence-corrected chi connectivity index (χ1v) is 17.0. The molecule has 52 heavy (non-hydrogen) atoms. The van der Waals surface area contributed by atoms with Crippen molar-refractivity contribution < 1.29 is 28.4 Å². The van der Waals surface area contributed by atoms with Gasteiger partial charge < -0.3 is 33.3 Å². The molecule has 0 fully saturated rings. The maximum Gasteiger partial charge on any atom is 0.231 e. The van der Waals surface area contributed by atoms with Gasteiger partial charge in [0.05, 0.1) is 0 Å². The summed E-state index contributed by atoms with van der Waals surface area (Å²) < 4.78 is 33.2. The molecule has 0 spiro atoms. The van der Waals surface area contributed by atoms with Gasteiger partial charge in [-0.25, -0.2) is 0 Å². The molecule has 3 heterocycles. The van der Waals surface area contributed by atoms with Crippen molar-refractivity contribution in [2.45, 2.75) is 0 Å². The lowest BCUT2D eigenvalue weighted by Gasteiger charge is -2.26. The molecule has 9 rings (SSSR count). The highest BCUT2D eigenvalue weighted by Gasteiger charge is 2.17. The van der Waals surface area contributed by atoms with Gasteiger partial charge in [0.2, 0.25) is 20.4 Å². The Labute approximate surface area is 301 Å². The Hall–Kier alpha value is -6.86. The van der Waals surface area contributed by atoms with Gasteiger partial charge in [0.15, 0.2) is 34.5 Å². The molecule has 7 heteroatoms. The quantitative estimate of drug-likeness (QED) is 0.141. The third kappa shape index (κ3) is 6.55. The second kappa shape index (κ2) is 13.8. The van der Waals surface area contributed by atoms with Gasteiger partial charge in [-0.3, -0.25) is 0 Å². The number of anilines is 3. The Morgan fingerprint density at radius 2 is 0.750 bits per heavy atom. The predicted octanol–water partition coefficient (Wildman–Crippen LogP) is 10.9. The van der Waals surface area contributed by atoms with Crippen LogP contribution in [0, 0.1) is 0 Å². The molecule has 6 aromatic carbocycles. The third-order valence-electron chi connectivity index (χ3n) is 9.07. The van der Waals surface area contributed by atoms with Crippen LogP contribution in [0.2, 0.25) is 0 Å². The molecule has 6 aromatic rings. The molecular weight excluding hydrogens is 650 g/mol. The lowest BCUT2D eigenvalue weighted by atomic mass is 10.1. The maximum absolute atomic E-state index is 5.68. The van der Waals surface area contributed by atoms with Crippen LogP contribution in [0.5, 0.6) is 34.5 Å². The summed E-state index contributed by atoms with van der Waals surface area (Å²) in [7, 11) is 0. The minimum Gasteiger partial charge on any atom is -0.454 e. The molecule has 3 aliphatic heterocycles. The Kier molecular flexibility index (Phi) is 8.27. The van der Waals surface area contributed by atoms with Gasteiger partial charge in [-0.1, -0.05) is 97.1 Å². The van der Waals surface area contributed by atoms with Crippen LogP contribution in [0.3, 0.4) is 0 Å². The van der Waals surface area contributed by atoms with Gasteiger partial charge in [-0.05, 0) is 94.5 Å². The van der Waals surface area contributed by atoms with E-state index < -0.39 is 0 Å². The van der Waals surface area contributed by atoms with E-state index in [0.29, 0.717) is 0 Å². The Morgan fingerprint density at radius 1 is 0.346 bits per heavy atom. The van der Waals surface area contributed by atoms with Crippen LogP contribution in [0.25, 0.3) is 36.5 Å². The maximum atomic E-state index is 5.68. The van der Waals surface area contributed by atoms with E-state index in [1.807, 2.05) is 54.6 Å². The molecule has 0 unspecified atom stereocenters. The lowest BCUT2D eigenvalue weighted by Crippen LogP contribution is -2.09. The summed E-state index contributed by atoms with van der Waals surface area (Å²) in [6.07, 6.45) is 12.5. The fraction of sp³-hybridized carbons (Fsp3) is 0.0667. The van der Waals surface area contributed by atoms with Crippen LogP contribution in [0.15, 0.2) is 127 Å². The average Bonchev–Trinajstić information content (AvgIpc) is 3.98. The van der Waals surface area contributed by atoms with E-state index in [1.54, 1.807) is 0 Å². The second-order valence-corrected chi connectivity index (χ2v) is 12.4. The zero-order chi connectivity index (χ0) is 34.7. The van der Waals surface area contributed by atoms with Crippen molar-refractivity contribution in [3.05, 3.63) is 161 Å². The molecule has 254 valence electrons. The fourth-order valence-electron chi connectivity index (χ4n) is 6.34. The number of rotatable bonds is 9. The normalized spacial score (nSPS) is 13.8. The summed E-state index contributed by atoms with van der Waals surface area (Å²) in [6, 6.07) is 43.6. The second-order valence-electron chi connectivity index (χ2n) is 12.4. The van der Waals surface area contributed by atoms with Crippen LogP contribution in [-0.2, 0) is 0 Å². The highest BCUT2D eigenvalue weighted by Crippen LogP contribution is 2.38. The number of hydrogen-bond donors (Lipinski definition) is 0. The van der Waals surface area contributed by atoms with Gasteiger partial charge in [-0.15, -0.1) is 0 Å². The van der Waals surface area contributed by atoms with E-state index in [-0.39, 0.29) is 20.4 Å². The molecule has 0 saturated heterocycles. The summed E-state index contributed by atoms with van der Waals surface area (Å²) in [4.78, 5) is 2.26. The van der Waals surface area contributed by atoms with E-state index in [2.05, 4.69) is 114 Å². The van der Waals surface area contributed by atoms with Crippen molar-refractivity contribution in [3.8, 4) is 34.5 Å². The molecule has 0 amide bonds. The Bertz CT molecular complexity index is 2210. The summed E-state index contributed by atoms with van der Waals surface area (Å²) in [5.41, 5.74) is 9.48. The van der Waals surface area contributed by atoms with E-state index in [4.69, 9.17) is 28.4 Å². The zero-order valence-electron chi connectivity index (χ0n) is 28.1. The molecule has 3 aliphatic rings. The van der Waals surface area contributed by atoms with Gasteiger partial charge in [0, 0.05) is 22.6 Å². The molecule has 0 bridgehead atoms. The fourth-order valence-corrected chi connectivity index (χ4v) is 6.34. The third-order valence-corrected chi connectivity index (χ3v) is 9.07. The topological polar surface area (TPSA) is 58.6 Å². The number of para-hydroxylation sites is 1. The zero-order valence-corrected chi connectivity index (χ0v) is 28.1. The first kappa shape index (κ1) is 31.1. The standard InChI is InChI=1S/C45H33NO6/c1-2-36(45-42(3-1)49-30-52-45)17-8-33-13-22-39(23-14-33)46(37-18-9-31(10-19-37)4-6-34-15-24-40-43(26-34)50-28-47-40)38-20-11-32(12-21-38)5-7-35-16-25-41-44(27-35)51-29-48-41/h1-27H,28-30H2/b6-4+,7-5+,17-8+. The monoisotopic (exact) mass is 683 g/mol. The van der Waals surface area contributed by atoms with Gasteiger partial charge >= 0.3 is 0 Å². The van der Waals surface area contributed by atoms with E-state index in [0.717, 1.165) is 84.9 Å².